The van der Waals surface area contributed by atoms with Gasteiger partial charge in [-0.15, -0.1) is 0 Å². The van der Waals surface area contributed by atoms with Crippen molar-refractivity contribution in [1.82, 2.24) is 0 Å². The SMILES string of the molecule is COCCOC(=O)C/C=C(\C(=C/CC(C)(C)C)C(=O)OCC1CO1)C(C)(C)C. The van der Waals surface area contributed by atoms with Crippen LogP contribution in [0.2, 0.25) is 0 Å². The highest BCUT2D eigenvalue weighted by atomic mass is 16.6. The van der Waals surface area contributed by atoms with Crippen LogP contribution in [0, 0.1) is 10.8 Å². The molecule has 0 N–H and O–H groups in total. The minimum absolute atomic E-state index is 0.00523. The highest BCUT2D eigenvalue weighted by molar-refractivity contribution is 5.94. The van der Waals surface area contributed by atoms with Crippen molar-refractivity contribution in [1.29, 1.82) is 0 Å². The van der Waals surface area contributed by atoms with E-state index >= 15 is 0 Å². The molecule has 28 heavy (non-hydrogen) atoms. The van der Waals surface area contributed by atoms with Gasteiger partial charge >= 0.3 is 11.9 Å². The van der Waals surface area contributed by atoms with Gasteiger partial charge in [-0.1, -0.05) is 53.7 Å². The molecule has 0 spiro atoms. The van der Waals surface area contributed by atoms with E-state index in [0.29, 0.717) is 25.2 Å². The molecular formula is C22H36O6. The maximum absolute atomic E-state index is 12.8. The number of methoxy groups -OCH3 is 1. The molecule has 0 amide bonds. The second-order valence-electron chi connectivity index (χ2n) is 9.22. The quantitative estimate of drug-likeness (QED) is 0.184. The van der Waals surface area contributed by atoms with Crippen LogP contribution in [-0.4, -0.2) is 51.6 Å². The van der Waals surface area contributed by atoms with Crippen LogP contribution in [0.4, 0.5) is 0 Å². The van der Waals surface area contributed by atoms with E-state index in [9.17, 15) is 9.59 Å². The number of hydrogen-bond donors (Lipinski definition) is 0. The molecule has 6 nitrogen and oxygen atoms in total. The third-order valence-electron chi connectivity index (χ3n) is 4.06. The minimum Gasteiger partial charge on any atom is -0.463 e. The molecule has 1 saturated heterocycles. The van der Waals surface area contributed by atoms with Crippen molar-refractivity contribution in [3.63, 3.8) is 0 Å². The fraction of sp³-hybridized carbons (Fsp3) is 0.727. The van der Waals surface area contributed by atoms with Crippen LogP contribution < -0.4 is 0 Å². The number of epoxide rings is 1. The fourth-order valence-corrected chi connectivity index (χ4v) is 2.43. The molecule has 1 heterocycles. The zero-order valence-corrected chi connectivity index (χ0v) is 18.4. The van der Waals surface area contributed by atoms with Crippen molar-refractivity contribution < 1.29 is 28.5 Å². The third-order valence-corrected chi connectivity index (χ3v) is 4.06. The van der Waals surface area contributed by atoms with Gasteiger partial charge in [-0.2, -0.15) is 0 Å². The Labute approximate surface area is 169 Å². The van der Waals surface area contributed by atoms with E-state index < -0.39 is 0 Å². The fourth-order valence-electron chi connectivity index (χ4n) is 2.43. The average Bonchev–Trinajstić information content (AvgIpc) is 3.38. The van der Waals surface area contributed by atoms with E-state index in [2.05, 4.69) is 20.8 Å². The Bertz CT molecular complexity index is 585. The first-order chi connectivity index (χ1) is 12.9. The number of esters is 2. The summed E-state index contributed by atoms with van der Waals surface area (Å²) in [5.74, 6) is -0.734. The zero-order chi connectivity index (χ0) is 21.4. The lowest BCUT2D eigenvalue weighted by molar-refractivity contribution is -0.144. The maximum atomic E-state index is 12.8. The molecule has 0 saturated carbocycles. The van der Waals surface area contributed by atoms with E-state index in [1.54, 1.807) is 13.2 Å². The summed E-state index contributed by atoms with van der Waals surface area (Å²) >= 11 is 0. The zero-order valence-electron chi connectivity index (χ0n) is 18.4. The maximum Gasteiger partial charge on any atom is 0.338 e. The molecular weight excluding hydrogens is 360 g/mol. The Morgan fingerprint density at radius 3 is 2.18 bits per heavy atom. The molecule has 1 unspecified atom stereocenters. The van der Waals surface area contributed by atoms with E-state index in [1.165, 1.54) is 0 Å². The number of hydrogen-bond acceptors (Lipinski definition) is 6. The molecule has 1 aliphatic rings. The molecule has 0 radical (unpaired) electrons. The standard InChI is InChI=1S/C22H36O6/c1-21(2,3)11-10-17(20(24)28-15-16-14-27-16)18(22(4,5)6)8-9-19(23)26-13-12-25-7/h8,10,16H,9,11-15H2,1-7H3/b17-10+,18-8+. The number of carbonyl (C=O) groups is 2. The van der Waals surface area contributed by atoms with Gasteiger partial charge in [-0.25, -0.2) is 4.79 Å². The van der Waals surface area contributed by atoms with Crippen molar-refractivity contribution >= 4 is 11.9 Å². The Balaban J connectivity index is 3.02. The summed E-state index contributed by atoms with van der Waals surface area (Å²) in [6.45, 7) is 13.8. The Morgan fingerprint density at radius 2 is 1.68 bits per heavy atom. The first-order valence-electron chi connectivity index (χ1n) is 9.78. The monoisotopic (exact) mass is 396 g/mol. The summed E-state index contributed by atoms with van der Waals surface area (Å²) in [7, 11) is 1.55. The van der Waals surface area contributed by atoms with E-state index in [0.717, 1.165) is 5.57 Å². The topological polar surface area (TPSA) is 74.4 Å². The lowest BCUT2D eigenvalue weighted by atomic mass is 9.79. The van der Waals surface area contributed by atoms with E-state index in [1.807, 2.05) is 26.8 Å². The van der Waals surface area contributed by atoms with Crippen LogP contribution in [0.5, 0.6) is 0 Å². The van der Waals surface area contributed by atoms with Gasteiger partial charge in [-0.05, 0) is 22.8 Å². The molecule has 0 aromatic rings. The molecule has 1 atom stereocenters. The number of carbonyl (C=O) groups excluding carboxylic acids is 2. The number of allylic oxidation sites excluding steroid dienone is 1. The number of rotatable bonds is 10. The van der Waals surface area contributed by atoms with Crippen LogP contribution in [0.15, 0.2) is 23.3 Å². The summed E-state index contributed by atoms with van der Waals surface area (Å²) in [4.78, 5) is 24.8. The highest BCUT2D eigenvalue weighted by Crippen LogP contribution is 2.34. The molecule has 1 aliphatic heterocycles. The molecule has 0 aromatic heterocycles. The minimum atomic E-state index is -0.381. The number of ether oxygens (including phenoxy) is 4. The second kappa shape index (κ2) is 10.8. The Morgan fingerprint density at radius 1 is 1.04 bits per heavy atom. The highest BCUT2D eigenvalue weighted by Gasteiger charge is 2.29. The van der Waals surface area contributed by atoms with Crippen LogP contribution >= 0.6 is 0 Å². The summed E-state index contributed by atoms with van der Waals surface area (Å²) in [6.07, 6.45) is 4.50. The van der Waals surface area contributed by atoms with Crippen molar-refractivity contribution in [2.75, 3.05) is 33.5 Å². The van der Waals surface area contributed by atoms with E-state index in [4.69, 9.17) is 18.9 Å². The van der Waals surface area contributed by atoms with Crippen LogP contribution in [-0.2, 0) is 28.5 Å². The average molecular weight is 397 g/mol. The first kappa shape index (κ1) is 24.4. The van der Waals surface area contributed by atoms with Crippen LogP contribution in [0.25, 0.3) is 0 Å². The summed E-state index contributed by atoms with van der Waals surface area (Å²) in [5, 5.41) is 0. The Kier molecular flexibility index (Phi) is 9.37. The van der Waals surface area contributed by atoms with Gasteiger partial charge in [0.2, 0.25) is 0 Å². The molecule has 1 rings (SSSR count). The van der Waals surface area contributed by atoms with Crippen molar-refractivity contribution in [2.45, 2.75) is 60.5 Å². The summed E-state index contributed by atoms with van der Waals surface area (Å²) in [6, 6.07) is 0. The van der Waals surface area contributed by atoms with Crippen molar-refractivity contribution in [2.24, 2.45) is 10.8 Å². The first-order valence-corrected chi connectivity index (χ1v) is 9.78. The normalized spacial score (nSPS) is 18.0. The second-order valence-corrected chi connectivity index (χ2v) is 9.22. The van der Waals surface area contributed by atoms with Crippen LogP contribution in [0.1, 0.15) is 54.4 Å². The lowest BCUT2D eigenvalue weighted by Gasteiger charge is -2.26. The Hall–Kier alpha value is -1.66. The lowest BCUT2D eigenvalue weighted by Crippen LogP contribution is -2.21. The predicted molar refractivity (Wildman–Crippen MR) is 108 cm³/mol. The summed E-state index contributed by atoms with van der Waals surface area (Å²) in [5.41, 5.74) is 0.966. The smallest absolute Gasteiger partial charge is 0.338 e. The third kappa shape index (κ3) is 10.0. The predicted octanol–water partition coefficient (Wildman–Crippen LogP) is 3.84. The van der Waals surface area contributed by atoms with E-state index in [-0.39, 0.29) is 48.5 Å². The van der Waals surface area contributed by atoms with Gasteiger partial charge in [0, 0.05) is 7.11 Å². The van der Waals surface area contributed by atoms with Gasteiger partial charge in [0.1, 0.15) is 19.3 Å². The van der Waals surface area contributed by atoms with Crippen molar-refractivity contribution in [3.05, 3.63) is 23.3 Å². The van der Waals surface area contributed by atoms with Crippen LogP contribution in [0.3, 0.4) is 0 Å². The van der Waals surface area contributed by atoms with Gasteiger partial charge in [-0.3, -0.25) is 4.79 Å². The molecule has 0 aromatic carbocycles. The summed E-state index contributed by atoms with van der Waals surface area (Å²) < 4.78 is 20.6. The van der Waals surface area contributed by atoms with Gasteiger partial charge < -0.3 is 18.9 Å². The van der Waals surface area contributed by atoms with Crippen molar-refractivity contribution in [3.8, 4) is 0 Å². The molecule has 1 fully saturated rings. The molecule has 6 heteroatoms. The van der Waals surface area contributed by atoms with Gasteiger partial charge in [0.25, 0.3) is 0 Å². The molecule has 0 aliphatic carbocycles. The van der Waals surface area contributed by atoms with Gasteiger partial charge in [0.15, 0.2) is 0 Å². The largest absolute Gasteiger partial charge is 0.463 e. The molecule has 0 bridgehead atoms. The molecule has 160 valence electrons. The van der Waals surface area contributed by atoms with Gasteiger partial charge in [0.05, 0.1) is 25.2 Å².